The molecule has 0 radical (unpaired) electrons. The zero-order valence-corrected chi connectivity index (χ0v) is 12.2. The van der Waals surface area contributed by atoms with Gasteiger partial charge in [0.2, 0.25) is 0 Å². The Bertz CT molecular complexity index is 818. The third-order valence-corrected chi connectivity index (χ3v) is 3.61. The summed E-state index contributed by atoms with van der Waals surface area (Å²) in [6.45, 7) is 2.72. The molecule has 2 N–H and O–H groups in total. The van der Waals surface area contributed by atoms with Crippen molar-refractivity contribution in [3.8, 4) is 0 Å². The van der Waals surface area contributed by atoms with E-state index in [1.807, 2.05) is 6.92 Å². The maximum atomic E-state index is 13.2. The largest absolute Gasteiger partial charge is 0.383 e. The molecule has 0 aliphatic rings. The maximum Gasteiger partial charge on any atom is 0.270 e. The number of benzene rings is 1. The van der Waals surface area contributed by atoms with Crippen LogP contribution in [-0.2, 0) is 12.3 Å². The van der Waals surface area contributed by atoms with Gasteiger partial charge in [-0.1, -0.05) is 24.3 Å². The van der Waals surface area contributed by atoms with Gasteiger partial charge in [-0.2, -0.15) is 14.6 Å². The lowest BCUT2D eigenvalue weighted by Crippen LogP contribution is -2.09. The van der Waals surface area contributed by atoms with Gasteiger partial charge in [0.05, 0.1) is 0 Å². The van der Waals surface area contributed by atoms with Gasteiger partial charge in [0, 0.05) is 30.2 Å². The van der Waals surface area contributed by atoms with E-state index in [1.54, 1.807) is 12.1 Å². The van der Waals surface area contributed by atoms with Gasteiger partial charge in [-0.05, 0) is 12.5 Å². The number of aryl methyl sites for hydroxylation is 1. The van der Waals surface area contributed by atoms with Gasteiger partial charge >= 0.3 is 0 Å². The molecule has 0 saturated carbocycles. The Kier molecular flexibility index (Phi) is 3.27. The molecule has 0 aliphatic heterocycles. The number of alkyl halides is 2. The SMILES string of the molecule is Cc1nc2ncnn2c(N)c1Cc1ccc(C(C)(F)F)cc1. The fraction of sp³-hybridized carbons (Fsp3) is 0.267. The lowest BCUT2D eigenvalue weighted by Gasteiger charge is -2.13. The molecule has 0 atom stereocenters. The van der Waals surface area contributed by atoms with Crippen LogP contribution in [0.2, 0.25) is 0 Å². The van der Waals surface area contributed by atoms with Crippen LogP contribution in [0.15, 0.2) is 30.6 Å². The number of rotatable bonds is 3. The lowest BCUT2D eigenvalue weighted by atomic mass is 10.0. The standard InChI is InChI=1S/C15H15F2N5/c1-9-12(13(18)22-14(21-9)19-8-20-22)7-10-3-5-11(6-4-10)15(2,16)17/h3-6,8H,7,18H2,1-2H3. The number of hydrogen-bond acceptors (Lipinski definition) is 4. The molecular weight excluding hydrogens is 288 g/mol. The highest BCUT2D eigenvalue weighted by Crippen LogP contribution is 2.27. The molecule has 5 nitrogen and oxygen atoms in total. The first-order valence-corrected chi connectivity index (χ1v) is 6.78. The van der Waals surface area contributed by atoms with E-state index in [2.05, 4.69) is 15.1 Å². The zero-order chi connectivity index (χ0) is 15.9. The second kappa shape index (κ2) is 5.01. The summed E-state index contributed by atoms with van der Waals surface area (Å²) in [5.41, 5.74) is 8.55. The molecule has 114 valence electrons. The Balaban J connectivity index is 1.96. The summed E-state index contributed by atoms with van der Waals surface area (Å²) in [4.78, 5) is 8.34. The predicted octanol–water partition coefficient (Wildman–Crippen LogP) is 2.72. The molecule has 3 aromatic rings. The number of anilines is 1. The van der Waals surface area contributed by atoms with Crippen molar-refractivity contribution < 1.29 is 8.78 Å². The third kappa shape index (κ3) is 2.49. The zero-order valence-electron chi connectivity index (χ0n) is 12.2. The van der Waals surface area contributed by atoms with Crippen LogP contribution in [0, 0.1) is 6.92 Å². The van der Waals surface area contributed by atoms with Gasteiger partial charge in [0.15, 0.2) is 0 Å². The van der Waals surface area contributed by atoms with Crippen molar-refractivity contribution in [2.75, 3.05) is 5.73 Å². The van der Waals surface area contributed by atoms with Gasteiger partial charge in [-0.25, -0.2) is 13.8 Å². The topological polar surface area (TPSA) is 69.1 Å². The average Bonchev–Trinajstić information content (AvgIpc) is 2.91. The van der Waals surface area contributed by atoms with Crippen LogP contribution < -0.4 is 5.73 Å². The van der Waals surface area contributed by atoms with Crippen LogP contribution in [0.4, 0.5) is 14.6 Å². The Labute approximate surface area is 125 Å². The van der Waals surface area contributed by atoms with Crippen LogP contribution >= 0.6 is 0 Å². The van der Waals surface area contributed by atoms with Gasteiger partial charge in [0.1, 0.15) is 12.1 Å². The van der Waals surface area contributed by atoms with Crippen molar-refractivity contribution in [3.05, 3.63) is 53.0 Å². The van der Waals surface area contributed by atoms with Gasteiger partial charge in [-0.3, -0.25) is 0 Å². The summed E-state index contributed by atoms with van der Waals surface area (Å²) in [5, 5.41) is 4.03. The highest BCUT2D eigenvalue weighted by atomic mass is 19.3. The van der Waals surface area contributed by atoms with Gasteiger partial charge in [0.25, 0.3) is 11.7 Å². The highest BCUT2D eigenvalue weighted by molar-refractivity contribution is 5.51. The molecule has 3 rings (SSSR count). The third-order valence-electron chi connectivity index (χ3n) is 3.61. The minimum Gasteiger partial charge on any atom is -0.383 e. The number of nitrogen functional groups attached to an aromatic ring is 1. The van der Waals surface area contributed by atoms with E-state index >= 15 is 0 Å². The van der Waals surface area contributed by atoms with E-state index in [9.17, 15) is 8.78 Å². The minimum atomic E-state index is -2.84. The first kappa shape index (κ1) is 14.4. The second-order valence-electron chi connectivity index (χ2n) is 5.29. The monoisotopic (exact) mass is 303 g/mol. The molecule has 0 spiro atoms. The van der Waals surface area contributed by atoms with Crippen LogP contribution in [-0.4, -0.2) is 19.6 Å². The first-order valence-electron chi connectivity index (χ1n) is 6.78. The van der Waals surface area contributed by atoms with Crippen LogP contribution in [0.5, 0.6) is 0 Å². The number of fused-ring (bicyclic) bond motifs is 1. The van der Waals surface area contributed by atoms with Crippen molar-refractivity contribution in [2.45, 2.75) is 26.2 Å². The van der Waals surface area contributed by atoms with E-state index in [4.69, 9.17) is 5.73 Å². The van der Waals surface area contributed by atoms with Crippen molar-refractivity contribution >= 4 is 11.6 Å². The number of hydrogen-bond donors (Lipinski definition) is 1. The van der Waals surface area contributed by atoms with Crippen LogP contribution in [0.3, 0.4) is 0 Å². The summed E-state index contributed by atoms with van der Waals surface area (Å²) in [6, 6.07) is 6.22. The van der Waals surface area contributed by atoms with E-state index in [0.717, 1.165) is 23.7 Å². The molecule has 0 saturated heterocycles. The number of halogens is 2. The fourth-order valence-electron chi connectivity index (χ4n) is 2.35. The lowest BCUT2D eigenvalue weighted by molar-refractivity contribution is 0.0174. The molecule has 22 heavy (non-hydrogen) atoms. The molecule has 0 bridgehead atoms. The predicted molar refractivity (Wildman–Crippen MR) is 78.7 cm³/mol. The summed E-state index contributed by atoms with van der Waals surface area (Å²) >= 11 is 0. The highest BCUT2D eigenvalue weighted by Gasteiger charge is 2.23. The molecule has 0 unspecified atom stereocenters. The van der Waals surface area contributed by atoms with Crippen LogP contribution in [0.1, 0.15) is 29.3 Å². The van der Waals surface area contributed by atoms with Crippen molar-refractivity contribution in [1.29, 1.82) is 0 Å². The van der Waals surface area contributed by atoms with E-state index in [-0.39, 0.29) is 5.56 Å². The van der Waals surface area contributed by atoms with Crippen molar-refractivity contribution in [1.82, 2.24) is 19.6 Å². The molecule has 0 fully saturated rings. The smallest absolute Gasteiger partial charge is 0.270 e. The molecule has 2 heterocycles. The van der Waals surface area contributed by atoms with E-state index in [1.165, 1.54) is 23.0 Å². The first-order chi connectivity index (χ1) is 10.4. The summed E-state index contributed by atoms with van der Waals surface area (Å²) < 4.78 is 27.9. The van der Waals surface area contributed by atoms with Gasteiger partial charge < -0.3 is 5.73 Å². The van der Waals surface area contributed by atoms with Crippen LogP contribution in [0.25, 0.3) is 5.78 Å². The molecule has 0 aliphatic carbocycles. The fourth-order valence-corrected chi connectivity index (χ4v) is 2.35. The quantitative estimate of drug-likeness (QED) is 0.807. The second-order valence-corrected chi connectivity index (χ2v) is 5.29. The molecule has 1 aromatic carbocycles. The summed E-state index contributed by atoms with van der Waals surface area (Å²) in [5.74, 6) is -1.93. The Morgan fingerprint density at radius 3 is 2.55 bits per heavy atom. The Hall–Kier alpha value is -2.57. The number of nitrogens with two attached hydrogens (primary N) is 1. The Morgan fingerprint density at radius 2 is 1.91 bits per heavy atom. The molecular formula is C15H15F2N5. The van der Waals surface area contributed by atoms with E-state index < -0.39 is 5.92 Å². The maximum absolute atomic E-state index is 13.2. The number of nitrogens with zero attached hydrogens (tertiary/aromatic N) is 4. The number of aromatic nitrogens is 4. The Morgan fingerprint density at radius 1 is 1.23 bits per heavy atom. The minimum absolute atomic E-state index is 0.00852. The summed E-state index contributed by atoms with van der Waals surface area (Å²) in [7, 11) is 0. The normalized spacial score (nSPS) is 12.0. The molecule has 0 amide bonds. The molecule has 2 aromatic heterocycles. The van der Waals surface area contributed by atoms with Crippen molar-refractivity contribution in [2.24, 2.45) is 0 Å². The van der Waals surface area contributed by atoms with E-state index in [0.29, 0.717) is 18.0 Å². The van der Waals surface area contributed by atoms with Gasteiger partial charge in [-0.15, -0.1) is 0 Å². The molecule has 7 heteroatoms. The van der Waals surface area contributed by atoms with Crippen molar-refractivity contribution in [3.63, 3.8) is 0 Å². The summed E-state index contributed by atoms with van der Waals surface area (Å²) in [6.07, 6.45) is 1.88. The average molecular weight is 303 g/mol.